The molecule has 3 rings (SSSR count). The van der Waals surface area contributed by atoms with Gasteiger partial charge in [-0.05, 0) is 51.3 Å². The molecule has 3 unspecified atom stereocenters. The van der Waals surface area contributed by atoms with Crippen molar-refractivity contribution in [2.45, 2.75) is 58.2 Å². The molecule has 1 heterocycles. The highest BCUT2D eigenvalue weighted by molar-refractivity contribution is 6.05. The van der Waals surface area contributed by atoms with E-state index in [1.54, 1.807) is 44.7 Å². The number of aromatic carboxylic acids is 1. The van der Waals surface area contributed by atoms with E-state index in [-0.39, 0.29) is 29.8 Å². The van der Waals surface area contributed by atoms with Crippen LogP contribution in [-0.4, -0.2) is 51.9 Å². The maximum atomic E-state index is 13.6. The van der Waals surface area contributed by atoms with Gasteiger partial charge in [0, 0.05) is 12.3 Å². The molecular formula is C27H32N4O7. The molecule has 11 heteroatoms. The molecule has 1 aliphatic heterocycles. The highest BCUT2D eigenvalue weighted by Gasteiger charge is 2.50. The number of nitrogens with zero attached hydrogens (tertiary/aromatic N) is 2. The van der Waals surface area contributed by atoms with E-state index in [2.05, 4.69) is 10.5 Å². The molecule has 0 spiro atoms. The summed E-state index contributed by atoms with van der Waals surface area (Å²) in [4.78, 5) is 51.2. The highest BCUT2D eigenvalue weighted by Crippen LogP contribution is 2.49. The van der Waals surface area contributed by atoms with E-state index in [0.717, 1.165) is 0 Å². The first kappa shape index (κ1) is 28.2. The lowest BCUT2D eigenvalue weighted by atomic mass is 9.89. The molecule has 11 nitrogen and oxygen atoms in total. The summed E-state index contributed by atoms with van der Waals surface area (Å²) in [6.07, 6.45) is 0.586. The van der Waals surface area contributed by atoms with Crippen LogP contribution in [0, 0.1) is 5.92 Å². The van der Waals surface area contributed by atoms with E-state index in [4.69, 9.17) is 10.5 Å². The molecule has 0 bridgehead atoms. The lowest BCUT2D eigenvalue weighted by Crippen LogP contribution is -2.43. The predicted octanol–water partition coefficient (Wildman–Crippen LogP) is 3.74. The molecule has 1 fully saturated rings. The van der Waals surface area contributed by atoms with E-state index in [1.165, 1.54) is 12.1 Å². The molecular weight excluding hydrogens is 492 g/mol. The number of carboxylic acid groups (broad SMARTS) is 1. The molecule has 0 aliphatic carbocycles. The smallest absolute Gasteiger partial charge is 0.337 e. The summed E-state index contributed by atoms with van der Waals surface area (Å²) < 4.78 is 5.72. The summed E-state index contributed by atoms with van der Waals surface area (Å²) in [6, 6.07) is 9.02. The second-order valence-electron chi connectivity index (χ2n) is 10.1. The van der Waals surface area contributed by atoms with Crippen LogP contribution in [0.1, 0.15) is 61.6 Å². The number of hydrogen-bond donors (Lipinski definition) is 4. The number of primary amides is 1. The standard InChI is InChI=1S/C27H32N4O7/c1-15(30-37)19-14-20(25(35)38-27(2,3)4)31(22(19)17-8-6-5-7-9-17)23-18(24(33)34)11-10-16(12-13-32)21(23)29-26(28)36/h5-11,13,19-20,22,37H,12,14H2,1-4H3,(H,33,34)(H3,28,29,36). The second-order valence-corrected chi connectivity index (χ2v) is 10.1. The first-order chi connectivity index (χ1) is 17.9. The third-order valence-corrected chi connectivity index (χ3v) is 6.31. The average Bonchev–Trinajstić information content (AvgIpc) is 3.24. The van der Waals surface area contributed by atoms with Crippen LogP contribution in [-0.2, 0) is 20.7 Å². The van der Waals surface area contributed by atoms with Gasteiger partial charge in [-0.25, -0.2) is 14.4 Å². The number of nitrogens with one attached hydrogen (secondary N) is 1. The summed E-state index contributed by atoms with van der Waals surface area (Å²) in [5.41, 5.74) is 5.70. The Hall–Kier alpha value is -4.41. The maximum absolute atomic E-state index is 13.6. The zero-order valence-corrected chi connectivity index (χ0v) is 21.7. The topological polar surface area (TPSA) is 172 Å². The molecule has 1 saturated heterocycles. The van der Waals surface area contributed by atoms with Crippen molar-refractivity contribution in [2.75, 3.05) is 10.2 Å². The van der Waals surface area contributed by atoms with Gasteiger partial charge in [0.2, 0.25) is 0 Å². The van der Waals surface area contributed by atoms with Crippen molar-refractivity contribution in [3.8, 4) is 0 Å². The van der Waals surface area contributed by atoms with Gasteiger partial charge < -0.3 is 35.8 Å². The Kier molecular flexibility index (Phi) is 8.39. The first-order valence-corrected chi connectivity index (χ1v) is 12.0. The van der Waals surface area contributed by atoms with Gasteiger partial charge in [-0.1, -0.05) is 41.6 Å². The predicted molar refractivity (Wildman–Crippen MR) is 141 cm³/mol. The number of ether oxygens (including phenoxy) is 1. The van der Waals surface area contributed by atoms with Gasteiger partial charge in [0.1, 0.15) is 17.9 Å². The zero-order valence-electron chi connectivity index (χ0n) is 21.7. The van der Waals surface area contributed by atoms with Gasteiger partial charge in [-0.3, -0.25) is 0 Å². The van der Waals surface area contributed by atoms with Crippen LogP contribution in [0.4, 0.5) is 16.2 Å². The Morgan fingerprint density at radius 1 is 1.18 bits per heavy atom. The van der Waals surface area contributed by atoms with Gasteiger partial charge in [0.05, 0.1) is 28.7 Å². The van der Waals surface area contributed by atoms with Crippen LogP contribution in [0.5, 0.6) is 0 Å². The fourth-order valence-electron chi connectivity index (χ4n) is 4.86. The van der Waals surface area contributed by atoms with Gasteiger partial charge in [0.25, 0.3) is 0 Å². The Bertz CT molecular complexity index is 1250. The number of anilines is 2. The highest BCUT2D eigenvalue weighted by atomic mass is 16.6. The van der Waals surface area contributed by atoms with E-state index in [1.807, 2.05) is 18.2 Å². The number of hydrogen-bond acceptors (Lipinski definition) is 8. The molecule has 2 amide bonds. The van der Waals surface area contributed by atoms with Crippen LogP contribution in [0.2, 0.25) is 0 Å². The lowest BCUT2D eigenvalue weighted by Gasteiger charge is -2.36. The third-order valence-electron chi connectivity index (χ3n) is 6.31. The van der Waals surface area contributed by atoms with Crippen LogP contribution in [0.25, 0.3) is 0 Å². The van der Waals surface area contributed by atoms with E-state index >= 15 is 0 Å². The molecule has 5 N–H and O–H groups in total. The molecule has 202 valence electrons. The quantitative estimate of drug-likeness (QED) is 0.133. The van der Waals surface area contributed by atoms with E-state index in [9.17, 15) is 29.5 Å². The lowest BCUT2D eigenvalue weighted by molar-refractivity contribution is -0.156. The van der Waals surface area contributed by atoms with Gasteiger partial charge >= 0.3 is 18.0 Å². The Morgan fingerprint density at radius 3 is 2.37 bits per heavy atom. The number of carbonyl (C=O) groups is 4. The number of benzene rings is 2. The maximum Gasteiger partial charge on any atom is 0.337 e. The summed E-state index contributed by atoms with van der Waals surface area (Å²) in [5, 5.41) is 25.8. The van der Waals surface area contributed by atoms with Crippen LogP contribution >= 0.6 is 0 Å². The largest absolute Gasteiger partial charge is 0.478 e. The number of esters is 1. The number of oxime groups is 1. The monoisotopic (exact) mass is 524 g/mol. The van der Waals surface area contributed by atoms with Crippen molar-refractivity contribution < 1.29 is 34.2 Å². The number of aldehydes is 1. The van der Waals surface area contributed by atoms with Crippen LogP contribution in [0.15, 0.2) is 47.6 Å². The molecule has 3 atom stereocenters. The van der Waals surface area contributed by atoms with Gasteiger partial charge in [0.15, 0.2) is 0 Å². The average molecular weight is 525 g/mol. The van der Waals surface area contributed by atoms with Crippen molar-refractivity contribution >= 4 is 41.3 Å². The Labute approximate surface area is 220 Å². The number of carbonyl (C=O) groups excluding carboxylic acids is 3. The zero-order chi connectivity index (χ0) is 28.2. The van der Waals surface area contributed by atoms with E-state index < -0.39 is 41.6 Å². The number of urea groups is 1. The minimum atomic E-state index is -1.32. The molecule has 2 aromatic carbocycles. The number of amides is 2. The minimum Gasteiger partial charge on any atom is -0.478 e. The molecule has 2 aromatic rings. The van der Waals surface area contributed by atoms with Crippen molar-refractivity contribution in [3.05, 3.63) is 59.2 Å². The Morgan fingerprint density at radius 2 is 1.84 bits per heavy atom. The van der Waals surface area contributed by atoms with Gasteiger partial charge in [-0.2, -0.15) is 0 Å². The molecule has 0 saturated carbocycles. The molecule has 0 radical (unpaired) electrons. The van der Waals surface area contributed by atoms with Gasteiger partial charge in [-0.15, -0.1) is 0 Å². The fraction of sp³-hybridized carbons (Fsp3) is 0.370. The number of carboxylic acids is 1. The number of rotatable bonds is 8. The summed E-state index contributed by atoms with van der Waals surface area (Å²) >= 11 is 0. The molecule has 1 aliphatic rings. The SMILES string of the molecule is CC(=NO)C1CC(C(=O)OC(C)(C)C)N(c2c(C(=O)O)ccc(CC=O)c2NC(N)=O)C1c1ccccc1. The fourth-order valence-corrected chi connectivity index (χ4v) is 4.86. The second kappa shape index (κ2) is 11.3. The van der Waals surface area contributed by atoms with Crippen molar-refractivity contribution in [3.63, 3.8) is 0 Å². The van der Waals surface area contributed by atoms with E-state index in [0.29, 0.717) is 23.1 Å². The molecule has 38 heavy (non-hydrogen) atoms. The van der Waals surface area contributed by atoms with Crippen molar-refractivity contribution in [2.24, 2.45) is 16.8 Å². The van der Waals surface area contributed by atoms with Crippen LogP contribution in [0.3, 0.4) is 0 Å². The van der Waals surface area contributed by atoms with Crippen LogP contribution < -0.4 is 16.0 Å². The summed E-state index contributed by atoms with van der Waals surface area (Å²) in [5.74, 6) is -2.50. The Balaban J connectivity index is 2.42. The third kappa shape index (κ3) is 5.93. The van der Waals surface area contributed by atoms with Crippen molar-refractivity contribution in [1.29, 1.82) is 0 Å². The first-order valence-electron chi connectivity index (χ1n) is 12.0. The normalized spacial score (nSPS) is 19.6. The number of nitrogens with two attached hydrogens (primary N) is 1. The van der Waals surface area contributed by atoms with Crippen molar-refractivity contribution in [1.82, 2.24) is 0 Å². The summed E-state index contributed by atoms with van der Waals surface area (Å²) in [6.45, 7) is 6.75. The minimum absolute atomic E-state index is 0.00164. The summed E-state index contributed by atoms with van der Waals surface area (Å²) in [7, 11) is 0. The molecule has 0 aromatic heterocycles.